The molecular formula is C15H20N4O2S2. The Kier molecular flexibility index (Phi) is 5.34. The molecule has 2 atom stereocenters. The number of fused-ring (bicyclic) bond motifs is 1. The van der Waals surface area contributed by atoms with Crippen molar-refractivity contribution in [2.45, 2.75) is 37.6 Å². The van der Waals surface area contributed by atoms with Crippen molar-refractivity contribution in [3.63, 3.8) is 0 Å². The van der Waals surface area contributed by atoms with Crippen molar-refractivity contribution >= 4 is 34.0 Å². The van der Waals surface area contributed by atoms with Gasteiger partial charge in [0.2, 0.25) is 5.91 Å². The van der Waals surface area contributed by atoms with E-state index in [2.05, 4.69) is 22.5 Å². The van der Waals surface area contributed by atoms with Crippen molar-refractivity contribution in [1.82, 2.24) is 20.0 Å². The van der Waals surface area contributed by atoms with E-state index in [1.807, 2.05) is 5.38 Å². The molecule has 0 radical (unpaired) electrons. The summed E-state index contributed by atoms with van der Waals surface area (Å²) in [6.07, 6.45) is 3.84. The maximum Gasteiger partial charge on any atom is 0.258 e. The number of nitrogens with one attached hydrogen (secondary N) is 2. The standard InChI is InChI=1S/C15H20N4O2S2/c1-10-12(3-2-4-16-10)18-13(20)9-22-8-11-7-14(21)19-5-6-23-15(19)17-11/h5-7,10,12,16H,2-4,8-9H2,1H3,(H,18,20). The van der Waals surface area contributed by atoms with Crippen molar-refractivity contribution in [3.8, 4) is 0 Å². The fraction of sp³-hybridized carbons (Fsp3) is 0.533. The van der Waals surface area contributed by atoms with Crippen LogP contribution in [0, 0.1) is 0 Å². The summed E-state index contributed by atoms with van der Waals surface area (Å²) in [5, 5.41) is 8.30. The highest BCUT2D eigenvalue weighted by Crippen LogP contribution is 2.13. The maximum absolute atomic E-state index is 12.0. The summed E-state index contributed by atoms with van der Waals surface area (Å²) < 4.78 is 1.53. The average molecular weight is 352 g/mol. The highest BCUT2D eigenvalue weighted by molar-refractivity contribution is 7.99. The molecule has 2 N–H and O–H groups in total. The van der Waals surface area contributed by atoms with Gasteiger partial charge in [-0.25, -0.2) is 4.98 Å². The lowest BCUT2D eigenvalue weighted by Crippen LogP contribution is -2.52. The number of hydrogen-bond donors (Lipinski definition) is 2. The molecule has 8 heteroatoms. The summed E-state index contributed by atoms with van der Waals surface area (Å²) in [7, 11) is 0. The second kappa shape index (κ2) is 7.46. The predicted octanol–water partition coefficient (Wildman–Crippen LogP) is 1.25. The normalized spacial score (nSPS) is 21.4. The molecule has 3 heterocycles. The molecule has 0 saturated carbocycles. The van der Waals surface area contributed by atoms with Gasteiger partial charge in [0.15, 0.2) is 4.96 Å². The Morgan fingerprint density at radius 2 is 2.48 bits per heavy atom. The largest absolute Gasteiger partial charge is 0.351 e. The first kappa shape index (κ1) is 16.5. The second-order valence-corrected chi connectivity index (χ2v) is 7.55. The first-order chi connectivity index (χ1) is 11.1. The molecule has 2 aromatic heterocycles. The first-order valence-electron chi connectivity index (χ1n) is 7.70. The Hall–Kier alpha value is -1.38. The van der Waals surface area contributed by atoms with Gasteiger partial charge in [0, 0.05) is 35.5 Å². The molecule has 1 aliphatic rings. The highest BCUT2D eigenvalue weighted by atomic mass is 32.2. The number of carbonyl (C=O) groups is 1. The van der Waals surface area contributed by atoms with Gasteiger partial charge in [-0.2, -0.15) is 0 Å². The number of piperidine rings is 1. The smallest absolute Gasteiger partial charge is 0.258 e. The average Bonchev–Trinajstić information content (AvgIpc) is 2.99. The van der Waals surface area contributed by atoms with Crippen molar-refractivity contribution in [2.24, 2.45) is 0 Å². The molecular weight excluding hydrogens is 332 g/mol. The van der Waals surface area contributed by atoms with Crippen LogP contribution < -0.4 is 16.2 Å². The number of amides is 1. The van der Waals surface area contributed by atoms with Crippen LogP contribution in [0.3, 0.4) is 0 Å². The molecule has 1 amide bonds. The monoisotopic (exact) mass is 352 g/mol. The Morgan fingerprint density at radius 1 is 1.61 bits per heavy atom. The van der Waals surface area contributed by atoms with E-state index in [1.165, 1.54) is 33.6 Å². The van der Waals surface area contributed by atoms with E-state index in [0.29, 0.717) is 22.5 Å². The number of hydrogen-bond acceptors (Lipinski definition) is 6. The van der Waals surface area contributed by atoms with Crippen molar-refractivity contribution in [1.29, 1.82) is 0 Å². The van der Waals surface area contributed by atoms with Gasteiger partial charge in [-0.15, -0.1) is 23.1 Å². The summed E-state index contributed by atoms with van der Waals surface area (Å²) in [6.45, 7) is 3.12. The van der Waals surface area contributed by atoms with E-state index in [1.54, 1.807) is 6.20 Å². The van der Waals surface area contributed by atoms with E-state index in [9.17, 15) is 9.59 Å². The molecule has 3 rings (SSSR count). The van der Waals surface area contributed by atoms with E-state index in [4.69, 9.17) is 0 Å². The zero-order valence-corrected chi connectivity index (χ0v) is 14.6. The van der Waals surface area contributed by atoms with Crippen LogP contribution >= 0.6 is 23.1 Å². The topological polar surface area (TPSA) is 75.5 Å². The molecule has 1 saturated heterocycles. The summed E-state index contributed by atoms with van der Waals surface area (Å²) in [5.41, 5.74) is 0.654. The number of thiazole rings is 1. The van der Waals surface area contributed by atoms with Crippen LogP contribution in [0.25, 0.3) is 4.96 Å². The van der Waals surface area contributed by atoms with Gasteiger partial charge in [-0.1, -0.05) is 0 Å². The number of aromatic nitrogens is 2. The zero-order valence-electron chi connectivity index (χ0n) is 12.9. The molecule has 1 aliphatic heterocycles. The Morgan fingerprint density at radius 3 is 3.30 bits per heavy atom. The molecule has 23 heavy (non-hydrogen) atoms. The lowest BCUT2D eigenvalue weighted by Gasteiger charge is -2.30. The van der Waals surface area contributed by atoms with E-state index >= 15 is 0 Å². The summed E-state index contributed by atoms with van der Waals surface area (Å²) >= 11 is 2.92. The van der Waals surface area contributed by atoms with Gasteiger partial charge in [0.25, 0.3) is 5.56 Å². The number of thioether (sulfide) groups is 1. The molecule has 0 aliphatic carbocycles. The van der Waals surface area contributed by atoms with Gasteiger partial charge in [0.05, 0.1) is 11.4 Å². The van der Waals surface area contributed by atoms with Crippen LogP contribution in [-0.4, -0.2) is 39.7 Å². The van der Waals surface area contributed by atoms with Crippen LogP contribution in [0.1, 0.15) is 25.5 Å². The van der Waals surface area contributed by atoms with Crippen molar-refractivity contribution in [3.05, 3.63) is 33.7 Å². The lowest BCUT2D eigenvalue weighted by molar-refractivity contribution is -0.119. The number of carbonyl (C=O) groups excluding carboxylic acids is 1. The molecule has 2 aromatic rings. The zero-order chi connectivity index (χ0) is 16.2. The van der Waals surface area contributed by atoms with Gasteiger partial charge >= 0.3 is 0 Å². The predicted molar refractivity (Wildman–Crippen MR) is 94.1 cm³/mol. The van der Waals surface area contributed by atoms with E-state index in [0.717, 1.165) is 25.1 Å². The molecule has 6 nitrogen and oxygen atoms in total. The SMILES string of the molecule is CC1NCCCC1NC(=O)CSCc1cc(=O)n2ccsc2n1. The minimum atomic E-state index is -0.0709. The van der Waals surface area contributed by atoms with Gasteiger partial charge in [0.1, 0.15) is 0 Å². The quantitative estimate of drug-likeness (QED) is 0.847. The van der Waals surface area contributed by atoms with Gasteiger partial charge < -0.3 is 10.6 Å². The van der Waals surface area contributed by atoms with Crippen LogP contribution in [0.15, 0.2) is 22.4 Å². The third-order valence-corrected chi connectivity index (χ3v) is 5.67. The second-order valence-electron chi connectivity index (χ2n) is 5.69. The van der Waals surface area contributed by atoms with E-state index < -0.39 is 0 Å². The van der Waals surface area contributed by atoms with Gasteiger partial charge in [-0.3, -0.25) is 14.0 Å². The summed E-state index contributed by atoms with van der Waals surface area (Å²) in [6, 6.07) is 2.07. The number of nitrogens with zero attached hydrogens (tertiary/aromatic N) is 2. The Labute approximate surface area is 142 Å². The third-order valence-electron chi connectivity index (χ3n) is 3.95. The molecule has 0 spiro atoms. The molecule has 0 aromatic carbocycles. The minimum absolute atomic E-state index is 0.0458. The van der Waals surface area contributed by atoms with Crippen LogP contribution in [0.5, 0.6) is 0 Å². The molecule has 2 unspecified atom stereocenters. The van der Waals surface area contributed by atoms with Crippen molar-refractivity contribution < 1.29 is 4.79 Å². The Bertz CT molecular complexity index is 742. The maximum atomic E-state index is 12.0. The van der Waals surface area contributed by atoms with Crippen LogP contribution in [-0.2, 0) is 10.5 Å². The fourth-order valence-corrected chi connectivity index (χ4v) is 4.17. The van der Waals surface area contributed by atoms with Crippen molar-refractivity contribution in [2.75, 3.05) is 12.3 Å². The highest BCUT2D eigenvalue weighted by Gasteiger charge is 2.22. The fourth-order valence-electron chi connectivity index (χ4n) is 2.70. The molecule has 1 fully saturated rings. The Balaban J connectivity index is 1.50. The summed E-state index contributed by atoms with van der Waals surface area (Å²) in [5.74, 6) is 0.994. The number of rotatable bonds is 5. The van der Waals surface area contributed by atoms with E-state index in [-0.39, 0.29) is 17.5 Å². The molecule has 124 valence electrons. The van der Waals surface area contributed by atoms with Gasteiger partial charge in [-0.05, 0) is 26.3 Å². The minimum Gasteiger partial charge on any atom is -0.351 e. The summed E-state index contributed by atoms with van der Waals surface area (Å²) in [4.78, 5) is 29.1. The first-order valence-corrected chi connectivity index (χ1v) is 9.73. The molecule has 0 bridgehead atoms. The van der Waals surface area contributed by atoms with Crippen LogP contribution in [0.2, 0.25) is 0 Å². The van der Waals surface area contributed by atoms with Crippen LogP contribution in [0.4, 0.5) is 0 Å². The lowest BCUT2D eigenvalue weighted by atomic mass is 10.00. The third kappa shape index (κ3) is 4.13.